The summed E-state index contributed by atoms with van der Waals surface area (Å²) in [5.41, 5.74) is 6.49. The second-order valence-electron chi connectivity index (χ2n) is 3.92. The number of nitrogens with two attached hydrogens (primary N) is 1. The summed E-state index contributed by atoms with van der Waals surface area (Å²) >= 11 is 0. The Bertz CT molecular complexity index is 415. The molecule has 0 heterocycles. The van der Waals surface area contributed by atoms with Crippen LogP contribution in [0, 0.1) is 5.92 Å². The first-order valence-electron chi connectivity index (χ1n) is 5.86. The molecule has 1 aromatic carbocycles. The number of anilines is 1. The lowest BCUT2D eigenvalue weighted by atomic mass is 10.1. The van der Waals surface area contributed by atoms with Crippen molar-refractivity contribution in [3.05, 3.63) is 29.8 Å². The molecule has 5 heteroatoms. The highest BCUT2D eigenvalue weighted by Crippen LogP contribution is 2.11. The topological polar surface area (TPSA) is 81.4 Å². The van der Waals surface area contributed by atoms with Gasteiger partial charge in [0, 0.05) is 18.2 Å². The lowest BCUT2D eigenvalue weighted by molar-refractivity contribution is -0.119. The maximum Gasteiger partial charge on any atom is 0.338 e. The minimum atomic E-state index is -0.370. The van der Waals surface area contributed by atoms with Crippen LogP contribution in [0.4, 0.5) is 5.69 Å². The van der Waals surface area contributed by atoms with E-state index in [4.69, 9.17) is 10.5 Å². The second kappa shape index (κ2) is 6.76. The third-order valence-electron chi connectivity index (χ3n) is 2.46. The molecule has 5 nitrogen and oxygen atoms in total. The van der Waals surface area contributed by atoms with E-state index in [0.29, 0.717) is 24.4 Å². The minimum absolute atomic E-state index is 0.138. The van der Waals surface area contributed by atoms with Gasteiger partial charge in [0.15, 0.2) is 0 Å². The van der Waals surface area contributed by atoms with Crippen LogP contribution in [-0.4, -0.2) is 25.0 Å². The number of hydrogen-bond donors (Lipinski definition) is 2. The fraction of sp³-hybridized carbons (Fsp3) is 0.385. The Hall–Kier alpha value is -1.88. The van der Waals surface area contributed by atoms with Crippen LogP contribution in [0.5, 0.6) is 0 Å². The van der Waals surface area contributed by atoms with E-state index in [2.05, 4.69) is 5.32 Å². The predicted octanol–water partition coefficient (Wildman–Crippen LogP) is 1.40. The van der Waals surface area contributed by atoms with Crippen molar-refractivity contribution in [1.29, 1.82) is 0 Å². The van der Waals surface area contributed by atoms with Gasteiger partial charge in [0.05, 0.1) is 12.2 Å². The van der Waals surface area contributed by atoms with Crippen LogP contribution in [0.25, 0.3) is 0 Å². The van der Waals surface area contributed by atoms with Crippen molar-refractivity contribution in [2.75, 3.05) is 18.5 Å². The summed E-state index contributed by atoms with van der Waals surface area (Å²) in [7, 11) is 0. The number of carbonyl (C=O) groups excluding carboxylic acids is 2. The Morgan fingerprint density at radius 1 is 1.33 bits per heavy atom. The maximum atomic E-state index is 11.6. The van der Waals surface area contributed by atoms with E-state index in [1.54, 1.807) is 38.1 Å². The highest BCUT2D eigenvalue weighted by Gasteiger charge is 2.11. The number of esters is 1. The van der Waals surface area contributed by atoms with Gasteiger partial charge in [0.25, 0.3) is 0 Å². The molecule has 0 saturated carbocycles. The van der Waals surface area contributed by atoms with Crippen LogP contribution in [0.3, 0.4) is 0 Å². The molecule has 98 valence electrons. The molecular formula is C13H18N2O3. The summed E-state index contributed by atoms with van der Waals surface area (Å²) in [6.45, 7) is 4.14. The molecule has 0 aliphatic heterocycles. The molecule has 0 aliphatic rings. The molecule has 0 radical (unpaired) electrons. The van der Waals surface area contributed by atoms with E-state index in [1.165, 1.54) is 0 Å². The lowest BCUT2D eigenvalue weighted by Gasteiger charge is -2.10. The Morgan fingerprint density at radius 3 is 2.44 bits per heavy atom. The van der Waals surface area contributed by atoms with Crippen molar-refractivity contribution in [3.63, 3.8) is 0 Å². The molecule has 0 aromatic heterocycles. The Morgan fingerprint density at radius 2 is 1.94 bits per heavy atom. The molecular weight excluding hydrogens is 232 g/mol. The first-order chi connectivity index (χ1) is 8.58. The van der Waals surface area contributed by atoms with Crippen LogP contribution in [0.1, 0.15) is 24.2 Å². The first-order valence-corrected chi connectivity index (χ1v) is 5.86. The molecule has 0 aliphatic carbocycles. The summed E-state index contributed by atoms with van der Waals surface area (Å²) in [5.74, 6) is -0.748. The summed E-state index contributed by atoms with van der Waals surface area (Å²) in [4.78, 5) is 23.0. The van der Waals surface area contributed by atoms with Gasteiger partial charge >= 0.3 is 5.97 Å². The van der Waals surface area contributed by atoms with Gasteiger partial charge < -0.3 is 15.8 Å². The lowest BCUT2D eigenvalue weighted by Crippen LogP contribution is -2.26. The number of amides is 1. The second-order valence-corrected chi connectivity index (χ2v) is 3.92. The monoisotopic (exact) mass is 250 g/mol. The zero-order valence-corrected chi connectivity index (χ0v) is 10.6. The average molecular weight is 250 g/mol. The molecule has 1 aromatic rings. The fourth-order valence-corrected chi connectivity index (χ4v) is 1.28. The molecule has 3 N–H and O–H groups in total. The normalized spacial score (nSPS) is 11.7. The molecule has 1 amide bonds. The minimum Gasteiger partial charge on any atom is -0.462 e. The van der Waals surface area contributed by atoms with Gasteiger partial charge in [-0.1, -0.05) is 6.92 Å². The summed E-state index contributed by atoms with van der Waals surface area (Å²) < 4.78 is 4.86. The van der Waals surface area contributed by atoms with Crippen molar-refractivity contribution in [3.8, 4) is 0 Å². The number of nitrogens with one attached hydrogen (secondary N) is 1. The maximum absolute atomic E-state index is 11.6. The van der Waals surface area contributed by atoms with Crippen LogP contribution < -0.4 is 11.1 Å². The molecule has 1 rings (SSSR count). The smallest absolute Gasteiger partial charge is 0.338 e. The standard InChI is InChI=1S/C13H18N2O3/c1-3-18-13(17)10-4-6-11(7-5-10)15-12(16)9(2)8-14/h4-7,9H,3,8,14H2,1-2H3,(H,15,16). The van der Waals surface area contributed by atoms with Crippen LogP contribution in [0.15, 0.2) is 24.3 Å². The first kappa shape index (κ1) is 14.2. The number of hydrogen-bond acceptors (Lipinski definition) is 4. The summed E-state index contributed by atoms with van der Waals surface area (Å²) in [6.07, 6.45) is 0. The van der Waals surface area contributed by atoms with Crippen LogP contribution in [0.2, 0.25) is 0 Å². The Labute approximate surface area is 106 Å². The van der Waals surface area contributed by atoms with Gasteiger partial charge in [-0.3, -0.25) is 4.79 Å². The van der Waals surface area contributed by atoms with Crippen molar-refractivity contribution in [1.82, 2.24) is 0 Å². The van der Waals surface area contributed by atoms with Gasteiger partial charge in [-0.2, -0.15) is 0 Å². The van der Waals surface area contributed by atoms with Gasteiger partial charge in [0.2, 0.25) is 5.91 Å². The zero-order valence-electron chi connectivity index (χ0n) is 10.6. The Balaban J connectivity index is 2.66. The SMILES string of the molecule is CCOC(=O)c1ccc(NC(=O)C(C)CN)cc1. The van der Waals surface area contributed by atoms with Gasteiger partial charge in [-0.25, -0.2) is 4.79 Å². The van der Waals surface area contributed by atoms with E-state index in [0.717, 1.165) is 0 Å². The molecule has 0 bridgehead atoms. The predicted molar refractivity (Wildman–Crippen MR) is 69.2 cm³/mol. The quantitative estimate of drug-likeness (QED) is 0.774. The highest BCUT2D eigenvalue weighted by molar-refractivity contribution is 5.94. The van der Waals surface area contributed by atoms with Crippen molar-refractivity contribution in [2.24, 2.45) is 11.7 Å². The summed E-state index contributed by atoms with van der Waals surface area (Å²) in [6, 6.07) is 6.54. The fourth-order valence-electron chi connectivity index (χ4n) is 1.28. The van der Waals surface area contributed by atoms with Crippen molar-refractivity contribution < 1.29 is 14.3 Å². The van der Waals surface area contributed by atoms with Crippen molar-refractivity contribution in [2.45, 2.75) is 13.8 Å². The van der Waals surface area contributed by atoms with Crippen molar-refractivity contribution >= 4 is 17.6 Å². The number of rotatable bonds is 5. The highest BCUT2D eigenvalue weighted by atomic mass is 16.5. The average Bonchev–Trinajstić information content (AvgIpc) is 2.38. The van der Waals surface area contributed by atoms with Gasteiger partial charge in [-0.05, 0) is 31.2 Å². The van der Waals surface area contributed by atoms with E-state index < -0.39 is 0 Å². The third-order valence-corrected chi connectivity index (χ3v) is 2.46. The van der Waals surface area contributed by atoms with E-state index in [-0.39, 0.29) is 17.8 Å². The number of carbonyl (C=O) groups is 2. The molecule has 0 saturated heterocycles. The van der Waals surface area contributed by atoms with Gasteiger partial charge in [0.1, 0.15) is 0 Å². The molecule has 18 heavy (non-hydrogen) atoms. The molecule has 0 fully saturated rings. The van der Waals surface area contributed by atoms with E-state index in [9.17, 15) is 9.59 Å². The molecule has 1 unspecified atom stereocenters. The molecule has 1 atom stereocenters. The zero-order chi connectivity index (χ0) is 13.5. The Kier molecular flexibility index (Phi) is 5.32. The van der Waals surface area contributed by atoms with Gasteiger partial charge in [-0.15, -0.1) is 0 Å². The largest absolute Gasteiger partial charge is 0.462 e. The van der Waals surface area contributed by atoms with E-state index in [1.807, 2.05) is 0 Å². The molecule has 0 spiro atoms. The number of benzene rings is 1. The van der Waals surface area contributed by atoms with Crippen LogP contribution >= 0.6 is 0 Å². The van der Waals surface area contributed by atoms with E-state index >= 15 is 0 Å². The third kappa shape index (κ3) is 3.85. The van der Waals surface area contributed by atoms with Crippen LogP contribution in [-0.2, 0) is 9.53 Å². The summed E-state index contributed by atoms with van der Waals surface area (Å²) in [5, 5.41) is 2.72. The number of ether oxygens (including phenoxy) is 1.